The van der Waals surface area contributed by atoms with Crippen LogP contribution in [0.15, 0.2) is 12.1 Å². The second-order valence-electron chi connectivity index (χ2n) is 8.52. The van der Waals surface area contributed by atoms with Crippen LogP contribution in [0.2, 0.25) is 0 Å². The Morgan fingerprint density at radius 1 is 1.17 bits per heavy atom. The van der Waals surface area contributed by atoms with E-state index >= 15 is 0 Å². The molecule has 1 saturated carbocycles. The van der Waals surface area contributed by atoms with Crippen molar-refractivity contribution in [3.05, 3.63) is 28.8 Å². The van der Waals surface area contributed by atoms with Crippen LogP contribution in [0.25, 0.3) is 0 Å². The van der Waals surface area contributed by atoms with Crippen molar-refractivity contribution < 1.29 is 9.53 Å². The molecule has 0 aromatic heterocycles. The van der Waals surface area contributed by atoms with E-state index in [1.807, 2.05) is 0 Å². The molecular weight excluding hydrogens is 284 g/mol. The zero-order valence-corrected chi connectivity index (χ0v) is 15.5. The maximum atomic E-state index is 12.5. The minimum atomic E-state index is -0.214. The van der Waals surface area contributed by atoms with Crippen LogP contribution in [0.5, 0.6) is 5.75 Å². The van der Waals surface area contributed by atoms with Crippen LogP contribution in [0.3, 0.4) is 0 Å². The van der Waals surface area contributed by atoms with Gasteiger partial charge in [-0.15, -0.1) is 0 Å². The number of Topliss-reactive ketones (excluding diaryl/α,β-unsaturated/α-hetero) is 1. The Kier molecular flexibility index (Phi) is 3.85. The quantitative estimate of drug-likeness (QED) is 0.765. The third-order valence-corrected chi connectivity index (χ3v) is 6.65. The molecule has 1 aromatic rings. The van der Waals surface area contributed by atoms with E-state index < -0.39 is 0 Å². The summed E-state index contributed by atoms with van der Waals surface area (Å²) in [5.74, 6) is 2.42. The van der Waals surface area contributed by atoms with Gasteiger partial charge in [-0.1, -0.05) is 46.8 Å². The highest BCUT2D eigenvalue weighted by atomic mass is 16.5. The van der Waals surface area contributed by atoms with Crippen molar-refractivity contribution in [2.45, 2.75) is 71.6 Å². The first-order valence-electron chi connectivity index (χ1n) is 8.97. The minimum absolute atomic E-state index is 0.0911. The molecule has 0 N–H and O–H groups in total. The van der Waals surface area contributed by atoms with E-state index in [9.17, 15) is 4.79 Å². The number of fused-ring (bicyclic) bond motifs is 3. The number of carbonyl (C=O) groups excluding carboxylic acids is 1. The maximum Gasteiger partial charge on any atom is 0.138 e. The molecule has 0 amide bonds. The van der Waals surface area contributed by atoms with E-state index in [0.717, 1.165) is 25.0 Å². The van der Waals surface area contributed by atoms with E-state index in [1.165, 1.54) is 16.7 Å². The zero-order chi connectivity index (χ0) is 17.0. The van der Waals surface area contributed by atoms with Gasteiger partial charge in [0.05, 0.1) is 7.11 Å². The molecule has 0 saturated heterocycles. The molecule has 0 bridgehead atoms. The average Bonchev–Trinajstić information content (AvgIpc) is 2.50. The van der Waals surface area contributed by atoms with E-state index in [4.69, 9.17) is 4.74 Å². The Morgan fingerprint density at radius 2 is 1.87 bits per heavy atom. The van der Waals surface area contributed by atoms with Gasteiger partial charge in [0.1, 0.15) is 11.5 Å². The number of ether oxygens (including phenoxy) is 1. The molecule has 2 heteroatoms. The fourth-order valence-corrected chi connectivity index (χ4v) is 5.28. The zero-order valence-electron chi connectivity index (χ0n) is 15.5. The van der Waals surface area contributed by atoms with E-state index in [-0.39, 0.29) is 10.8 Å². The third-order valence-electron chi connectivity index (χ3n) is 6.65. The number of hydrogen-bond acceptors (Lipinski definition) is 2. The Balaban J connectivity index is 2.16. The first kappa shape index (κ1) is 16.5. The Morgan fingerprint density at radius 3 is 2.48 bits per heavy atom. The topological polar surface area (TPSA) is 26.3 Å². The minimum Gasteiger partial charge on any atom is -0.496 e. The van der Waals surface area contributed by atoms with Crippen molar-refractivity contribution in [2.75, 3.05) is 7.11 Å². The normalized spacial score (nSPS) is 29.2. The lowest BCUT2D eigenvalue weighted by molar-refractivity contribution is -0.137. The largest absolute Gasteiger partial charge is 0.496 e. The van der Waals surface area contributed by atoms with Crippen molar-refractivity contribution in [2.24, 2.45) is 11.3 Å². The molecule has 1 fully saturated rings. The van der Waals surface area contributed by atoms with Gasteiger partial charge < -0.3 is 4.74 Å². The fourth-order valence-electron chi connectivity index (χ4n) is 5.28. The lowest BCUT2D eigenvalue weighted by Gasteiger charge is -2.53. The van der Waals surface area contributed by atoms with Crippen molar-refractivity contribution in [1.82, 2.24) is 0 Å². The summed E-state index contributed by atoms with van der Waals surface area (Å²) in [6, 6.07) is 4.57. The summed E-state index contributed by atoms with van der Waals surface area (Å²) in [7, 11) is 1.80. The summed E-state index contributed by atoms with van der Waals surface area (Å²) in [6.45, 7) is 11.1. The van der Waals surface area contributed by atoms with Crippen LogP contribution in [-0.4, -0.2) is 12.9 Å². The van der Waals surface area contributed by atoms with Gasteiger partial charge in [-0.25, -0.2) is 0 Å². The first-order valence-corrected chi connectivity index (χ1v) is 8.97. The average molecular weight is 314 g/mol. The molecule has 0 radical (unpaired) electrons. The van der Waals surface area contributed by atoms with Crippen LogP contribution in [0.1, 0.15) is 76.5 Å². The van der Waals surface area contributed by atoms with Gasteiger partial charge in [0.15, 0.2) is 0 Å². The molecule has 0 spiro atoms. The first-order chi connectivity index (χ1) is 10.7. The monoisotopic (exact) mass is 314 g/mol. The van der Waals surface area contributed by atoms with Crippen molar-refractivity contribution >= 4 is 5.78 Å². The summed E-state index contributed by atoms with van der Waals surface area (Å²) < 4.78 is 5.84. The number of benzene rings is 1. The summed E-state index contributed by atoms with van der Waals surface area (Å²) >= 11 is 0. The molecule has 126 valence electrons. The molecule has 1 aromatic carbocycles. The number of hydrogen-bond donors (Lipinski definition) is 0. The van der Waals surface area contributed by atoms with Gasteiger partial charge in [-0.05, 0) is 53.2 Å². The predicted molar refractivity (Wildman–Crippen MR) is 94.3 cm³/mol. The van der Waals surface area contributed by atoms with Gasteiger partial charge in [-0.2, -0.15) is 0 Å². The van der Waals surface area contributed by atoms with Crippen LogP contribution < -0.4 is 4.74 Å². The lowest BCUT2D eigenvalue weighted by atomic mass is 9.50. The highest BCUT2D eigenvalue weighted by Crippen LogP contribution is 2.57. The van der Waals surface area contributed by atoms with Crippen LogP contribution in [0, 0.1) is 11.3 Å². The molecule has 2 aliphatic rings. The van der Waals surface area contributed by atoms with Crippen LogP contribution >= 0.6 is 0 Å². The standard InChI is InChI=1S/C21H30O2/c1-13(2)14-7-9-16-15(19(14)23-6)8-10-17-20(3,4)18(22)11-12-21(16,17)5/h7,9,13,17H,8,10-12H2,1-6H3/t17-,21+/m0/s1. The highest BCUT2D eigenvalue weighted by Gasteiger charge is 2.53. The van der Waals surface area contributed by atoms with Crippen LogP contribution in [-0.2, 0) is 16.6 Å². The fraction of sp³-hybridized carbons (Fsp3) is 0.667. The number of ketones is 1. The highest BCUT2D eigenvalue weighted by molar-refractivity contribution is 5.86. The maximum absolute atomic E-state index is 12.5. The molecule has 3 rings (SSSR count). The molecule has 2 nitrogen and oxygen atoms in total. The Labute approximate surface area is 140 Å². The lowest BCUT2D eigenvalue weighted by Crippen LogP contribution is -2.52. The van der Waals surface area contributed by atoms with E-state index in [2.05, 4.69) is 46.8 Å². The molecular formula is C21H30O2. The number of carbonyl (C=O) groups is 1. The van der Waals surface area contributed by atoms with Gasteiger partial charge in [0.25, 0.3) is 0 Å². The van der Waals surface area contributed by atoms with Crippen molar-refractivity contribution in [1.29, 1.82) is 0 Å². The van der Waals surface area contributed by atoms with E-state index in [1.54, 1.807) is 7.11 Å². The Hall–Kier alpha value is -1.31. The van der Waals surface area contributed by atoms with Crippen molar-refractivity contribution in [3.63, 3.8) is 0 Å². The molecule has 0 heterocycles. The molecule has 2 atom stereocenters. The van der Waals surface area contributed by atoms with Crippen LogP contribution in [0.4, 0.5) is 0 Å². The smallest absolute Gasteiger partial charge is 0.138 e. The molecule has 2 aliphatic carbocycles. The summed E-state index contributed by atoms with van der Waals surface area (Å²) in [4.78, 5) is 12.5. The predicted octanol–water partition coefficient (Wildman–Crippen LogP) is 5.03. The number of rotatable bonds is 2. The van der Waals surface area contributed by atoms with Gasteiger partial charge in [0.2, 0.25) is 0 Å². The summed E-state index contributed by atoms with van der Waals surface area (Å²) in [6.07, 6.45) is 3.78. The van der Waals surface area contributed by atoms with Gasteiger partial charge in [-0.3, -0.25) is 4.79 Å². The van der Waals surface area contributed by atoms with Crippen molar-refractivity contribution in [3.8, 4) is 5.75 Å². The Bertz CT molecular complexity index is 641. The summed E-state index contributed by atoms with van der Waals surface area (Å²) in [5, 5.41) is 0. The van der Waals surface area contributed by atoms with E-state index in [0.29, 0.717) is 24.0 Å². The third kappa shape index (κ3) is 2.25. The molecule has 23 heavy (non-hydrogen) atoms. The SMILES string of the molecule is COc1c(C(C)C)ccc2c1CC[C@H]1C(C)(C)C(=O)CC[C@]21C. The second kappa shape index (κ2) is 5.36. The second-order valence-corrected chi connectivity index (χ2v) is 8.52. The molecule has 0 aliphatic heterocycles. The number of methoxy groups -OCH3 is 1. The van der Waals surface area contributed by atoms with Gasteiger partial charge in [0, 0.05) is 11.8 Å². The van der Waals surface area contributed by atoms with Gasteiger partial charge >= 0.3 is 0 Å². The molecule has 0 unspecified atom stereocenters. The summed E-state index contributed by atoms with van der Waals surface area (Å²) in [5.41, 5.74) is 4.00.